The van der Waals surface area contributed by atoms with Gasteiger partial charge in [0.25, 0.3) is 0 Å². The SMILES string of the molecule is CC(Cc1cc(F)c2cc(Cl)c(N)nc2c1)C1=C[C@@H](n2ccc3c(Cl)ncnc32)[C@@H]2OC(C)(C)O[C@]12C. The van der Waals surface area contributed by atoms with Gasteiger partial charge in [-0.3, -0.25) is 0 Å². The molecule has 1 fully saturated rings. The predicted octanol–water partition coefficient (Wildman–Crippen LogP) is 6.28. The van der Waals surface area contributed by atoms with E-state index in [-0.39, 0.29) is 34.7 Å². The van der Waals surface area contributed by atoms with Crippen molar-refractivity contribution in [1.29, 1.82) is 0 Å². The normalized spacial score (nSPS) is 25.5. The molecule has 4 atom stereocenters. The summed E-state index contributed by atoms with van der Waals surface area (Å²) in [4.78, 5) is 12.9. The molecule has 10 heteroatoms. The standard InChI is InChI=1S/C27H26Cl2FN5O2/c1-13(7-14-8-19(30)16-10-18(28)24(31)34-20(16)9-14)17-11-21(22-27(17,4)37-26(2,3)36-22)35-6-5-15-23(29)32-12-33-25(15)35/h5-6,8-13,21-22H,7H2,1-4H3,(H2,31,34)/t13?,21-,22+,27-/m1/s1. The molecule has 0 radical (unpaired) electrons. The molecule has 4 heterocycles. The van der Waals surface area contributed by atoms with E-state index >= 15 is 0 Å². The van der Waals surface area contributed by atoms with Gasteiger partial charge in [0.2, 0.25) is 0 Å². The van der Waals surface area contributed by atoms with Crippen LogP contribution in [0.25, 0.3) is 21.9 Å². The Morgan fingerprint density at radius 3 is 2.73 bits per heavy atom. The summed E-state index contributed by atoms with van der Waals surface area (Å²) in [5.41, 5.74) is 8.28. The molecule has 3 aromatic heterocycles. The van der Waals surface area contributed by atoms with Crippen LogP contribution in [0.1, 0.15) is 39.3 Å². The number of nitrogens with zero attached hydrogens (tertiary/aromatic N) is 4. The minimum atomic E-state index is -0.776. The molecule has 192 valence electrons. The molecule has 1 saturated heterocycles. The average molecular weight is 542 g/mol. The van der Waals surface area contributed by atoms with Crippen molar-refractivity contribution in [1.82, 2.24) is 19.5 Å². The van der Waals surface area contributed by atoms with Gasteiger partial charge in [-0.05, 0) is 68.5 Å². The molecular weight excluding hydrogens is 516 g/mol. The van der Waals surface area contributed by atoms with E-state index in [0.717, 1.165) is 22.2 Å². The second-order valence-corrected chi connectivity index (χ2v) is 11.3. The summed E-state index contributed by atoms with van der Waals surface area (Å²) in [6, 6.07) is 6.65. The molecule has 6 rings (SSSR count). The Balaban J connectivity index is 1.40. The third-order valence-electron chi connectivity index (χ3n) is 7.42. The van der Waals surface area contributed by atoms with Crippen LogP contribution in [0.15, 0.2) is 48.4 Å². The van der Waals surface area contributed by atoms with E-state index in [2.05, 4.69) is 39.4 Å². The Bertz CT molecular complexity index is 1600. The van der Waals surface area contributed by atoms with E-state index in [1.807, 2.05) is 32.2 Å². The molecule has 1 aromatic carbocycles. The summed E-state index contributed by atoms with van der Waals surface area (Å²) in [6.45, 7) is 8.02. The minimum absolute atomic E-state index is 0.0107. The highest BCUT2D eigenvalue weighted by molar-refractivity contribution is 6.34. The van der Waals surface area contributed by atoms with Crippen molar-refractivity contribution in [2.45, 2.75) is 57.6 Å². The molecule has 0 saturated carbocycles. The number of aromatic nitrogens is 4. The van der Waals surface area contributed by atoms with Crippen molar-refractivity contribution < 1.29 is 13.9 Å². The van der Waals surface area contributed by atoms with Gasteiger partial charge < -0.3 is 19.8 Å². The number of fused-ring (bicyclic) bond motifs is 3. The Kier molecular flexibility index (Phi) is 5.55. The number of benzene rings is 1. The number of nitrogens with two attached hydrogens (primary N) is 1. The Morgan fingerprint density at radius 2 is 1.95 bits per heavy atom. The molecule has 0 bridgehead atoms. The number of ether oxygens (including phenoxy) is 2. The van der Waals surface area contributed by atoms with Crippen LogP contribution in [-0.2, 0) is 15.9 Å². The second-order valence-electron chi connectivity index (χ2n) is 10.5. The van der Waals surface area contributed by atoms with Crippen molar-refractivity contribution >= 4 is 51.0 Å². The zero-order valence-corrected chi connectivity index (χ0v) is 22.3. The summed E-state index contributed by atoms with van der Waals surface area (Å²) in [6.07, 6.45) is 5.88. The number of halogens is 3. The quantitative estimate of drug-likeness (QED) is 0.241. The molecule has 0 amide bonds. The first kappa shape index (κ1) is 24.6. The number of pyridine rings is 1. The third kappa shape index (κ3) is 3.89. The molecular formula is C27H26Cl2FN5O2. The third-order valence-corrected chi connectivity index (χ3v) is 8.03. The zero-order valence-electron chi connectivity index (χ0n) is 20.8. The molecule has 0 spiro atoms. The molecule has 1 unspecified atom stereocenters. The zero-order chi connectivity index (χ0) is 26.3. The lowest BCUT2D eigenvalue weighted by Gasteiger charge is -2.31. The maximum Gasteiger partial charge on any atom is 0.164 e. The molecule has 4 aromatic rings. The van der Waals surface area contributed by atoms with Crippen LogP contribution in [0.2, 0.25) is 10.2 Å². The maximum atomic E-state index is 15.0. The van der Waals surface area contributed by atoms with Crippen molar-refractivity contribution in [3.05, 3.63) is 70.0 Å². The Hall–Kier alpha value is -2.78. The van der Waals surface area contributed by atoms with Crippen molar-refractivity contribution in [3.63, 3.8) is 0 Å². The molecule has 7 nitrogen and oxygen atoms in total. The lowest BCUT2D eigenvalue weighted by Crippen LogP contribution is -2.40. The first-order valence-corrected chi connectivity index (χ1v) is 12.8. The first-order chi connectivity index (χ1) is 17.5. The fraction of sp³-hybridized carbons (Fsp3) is 0.370. The van der Waals surface area contributed by atoms with Crippen molar-refractivity contribution in [2.75, 3.05) is 5.73 Å². The summed E-state index contributed by atoms with van der Waals surface area (Å²) < 4.78 is 30.0. The monoisotopic (exact) mass is 541 g/mol. The summed E-state index contributed by atoms with van der Waals surface area (Å²) in [5, 5.41) is 1.76. The number of hydrogen-bond donors (Lipinski definition) is 1. The van der Waals surface area contributed by atoms with E-state index < -0.39 is 11.4 Å². The van der Waals surface area contributed by atoms with E-state index in [0.29, 0.717) is 22.5 Å². The molecule has 2 aliphatic rings. The van der Waals surface area contributed by atoms with Crippen LogP contribution >= 0.6 is 23.2 Å². The van der Waals surface area contributed by atoms with Crippen LogP contribution in [0.4, 0.5) is 10.2 Å². The fourth-order valence-electron chi connectivity index (χ4n) is 5.99. The van der Waals surface area contributed by atoms with Gasteiger partial charge in [0.1, 0.15) is 40.5 Å². The predicted molar refractivity (Wildman–Crippen MR) is 142 cm³/mol. The van der Waals surface area contributed by atoms with Crippen molar-refractivity contribution in [3.8, 4) is 0 Å². The van der Waals surface area contributed by atoms with Crippen LogP contribution in [0, 0.1) is 11.7 Å². The Labute approximate surface area is 223 Å². The summed E-state index contributed by atoms with van der Waals surface area (Å²) >= 11 is 12.4. The fourth-order valence-corrected chi connectivity index (χ4v) is 6.33. The smallest absolute Gasteiger partial charge is 0.164 e. The number of anilines is 1. The lowest BCUT2D eigenvalue weighted by atomic mass is 9.83. The van der Waals surface area contributed by atoms with Crippen LogP contribution in [-0.4, -0.2) is 37.0 Å². The highest BCUT2D eigenvalue weighted by Gasteiger charge is 2.59. The van der Waals surface area contributed by atoms with E-state index in [1.54, 1.807) is 0 Å². The van der Waals surface area contributed by atoms with Gasteiger partial charge in [0.05, 0.1) is 22.0 Å². The number of rotatable bonds is 4. The molecule has 1 aliphatic heterocycles. The van der Waals surface area contributed by atoms with Gasteiger partial charge in [-0.15, -0.1) is 0 Å². The largest absolute Gasteiger partial charge is 0.382 e. The van der Waals surface area contributed by atoms with E-state index in [9.17, 15) is 4.39 Å². The molecule has 1 aliphatic carbocycles. The van der Waals surface area contributed by atoms with Gasteiger partial charge in [0, 0.05) is 11.6 Å². The molecule has 37 heavy (non-hydrogen) atoms. The summed E-state index contributed by atoms with van der Waals surface area (Å²) in [5.74, 6) is -0.968. The lowest BCUT2D eigenvalue weighted by molar-refractivity contribution is -0.158. The Morgan fingerprint density at radius 1 is 1.16 bits per heavy atom. The van der Waals surface area contributed by atoms with Crippen LogP contribution in [0.5, 0.6) is 0 Å². The maximum absolute atomic E-state index is 15.0. The van der Waals surface area contributed by atoms with E-state index in [1.165, 1.54) is 18.5 Å². The topological polar surface area (TPSA) is 88.1 Å². The van der Waals surface area contributed by atoms with Gasteiger partial charge in [-0.1, -0.05) is 36.2 Å². The number of nitrogen functional groups attached to an aromatic ring is 1. The average Bonchev–Trinajstić information content (AvgIpc) is 3.42. The highest BCUT2D eigenvalue weighted by Crippen LogP contribution is 2.53. The van der Waals surface area contributed by atoms with Crippen molar-refractivity contribution in [2.24, 2.45) is 5.92 Å². The number of hydrogen-bond acceptors (Lipinski definition) is 6. The van der Waals surface area contributed by atoms with Gasteiger partial charge >= 0.3 is 0 Å². The highest BCUT2D eigenvalue weighted by atomic mass is 35.5. The van der Waals surface area contributed by atoms with Gasteiger partial charge in [-0.25, -0.2) is 19.3 Å². The molecule has 2 N–H and O–H groups in total. The van der Waals surface area contributed by atoms with Gasteiger partial charge in [0.15, 0.2) is 5.79 Å². The first-order valence-electron chi connectivity index (χ1n) is 12.1. The van der Waals surface area contributed by atoms with Crippen LogP contribution in [0.3, 0.4) is 0 Å². The minimum Gasteiger partial charge on any atom is -0.382 e. The second kappa shape index (κ2) is 8.36. The van der Waals surface area contributed by atoms with Gasteiger partial charge in [-0.2, -0.15) is 0 Å². The van der Waals surface area contributed by atoms with E-state index in [4.69, 9.17) is 38.4 Å². The summed E-state index contributed by atoms with van der Waals surface area (Å²) in [7, 11) is 0. The van der Waals surface area contributed by atoms with Crippen LogP contribution < -0.4 is 5.73 Å².